The first kappa shape index (κ1) is 17.9. The summed E-state index contributed by atoms with van der Waals surface area (Å²) in [4.78, 5) is 28.9. The summed E-state index contributed by atoms with van der Waals surface area (Å²) < 4.78 is 7.28. The van der Waals surface area contributed by atoms with Crippen LogP contribution < -0.4 is 15.8 Å². The molecule has 0 aliphatic carbocycles. The molecule has 0 aliphatic heterocycles. The molecular weight excluding hydrogens is 354 g/mol. The molecule has 0 radical (unpaired) electrons. The highest BCUT2D eigenvalue weighted by Crippen LogP contribution is 2.25. The van der Waals surface area contributed by atoms with Gasteiger partial charge in [-0.05, 0) is 32.0 Å². The number of hydrogen-bond donors (Lipinski definition) is 2. The molecule has 3 N–H and O–H groups in total. The number of fused-ring (bicyclic) bond motifs is 1. The van der Waals surface area contributed by atoms with E-state index in [0.717, 1.165) is 9.88 Å². The summed E-state index contributed by atoms with van der Waals surface area (Å²) in [6, 6.07) is 4.58. The summed E-state index contributed by atoms with van der Waals surface area (Å²) in [5.74, 6) is -0.404. The van der Waals surface area contributed by atoms with Crippen molar-refractivity contribution in [1.29, 1.82) is 0 Å². The summed E-state index contributed by atoms with van der Waals surface area (Å²) in [6.07, 6.45) is 1.78. The lowest BCUT2D eigenvalue weighted by molar-refractivity contribution is -0.119. The third kappa shape index (κ3) is 3.67. The molecule has 3 rings (SSSR count). The van der Waals surface area contributed by atoms with Crippen molar-refractivity contribution in [3.63, 3.8) is 0 Å². The van der Waals surface area contributed by atoms with E-state index in [-0.39, 0.29) is 0 Å². The van der Waals surface area contributed by atoms with Crippen molar-refractivity contribution in [2.45, 2.75) is 26.5 Å². The number of nitrogens with one attached hydrogen (secondary N) is 1. The van der Waals surface area contributed by atoms with Gasteiger partial charge < -0.3 is 15.8 Å². The number of ether oxygens (including phenoxy) is 1. The monoisotopic (exact) mass is 373 g/mol. The van der Waals surface area contributed by atoms with Crippen molar-refractivity contribution < 1.29 is 14.3 Å². The van der Waals surface area contributed by atoms with Gasteiger partial charge in [0.2, 0.25) is 5.91 Å². The number of benzene rings is 1. The maximum absolute atomic E-state index is 12.5. The molecule has 0 bridgehead atoms. The first-order valence-electron chi connectivity index (χ1n) is 7.96. The predicted octanol–water partition coefficient (Wildman–Crippen LogP) is 1.52. The SMILES string of the molecule is Cc1ncc(COc2ccc3nn(C)c(C(=O)N[C@H](C)C(N)=O)c3c2)s1. The Labute approximate surface area is 154 Å². The molecule has 9 heteroatoms. The molecule has 136 valence electrons. The van der Waals surface area contributed by atoms with E-state index >= 15 is 0 Å². The standard InChI is InChI=1S/C17H19N5O3S/c1-9(16(18)23)20-17(24)15-13-6-11(4-5-14(13)21-22(15)3)25-8-12-7-19-10(2)26-12/h4-7,9H,8H2,1-3H3,(H2,18,23)(H,20,24)/t9-/m1/s1. The Hall–Kier alpha value is -2.94. The first-order chi connectivity index (χ1) is 12.3. The third-order valence-corrected chi connectivity index (χ3v) is 4.73. The lowest BCUT2D eigenvalue weighted by Crippen LogP contribution is -2.42. The summed E-state index contributed by atoms with van der Waals surface area (Å²) in [7, 11) is 1.67. The molecule has 2 aromatic heterocycles. The van der Waals surface area contributed by atoms with E-state index in [4.69, 9.17) is 10.5 Å². The van der Waals surface area contributed by atoms with Crippen LogP contribution in [0.5, 0.6) is 5.75 Å². The highest BCUT2D eigenvalue weighted by Gasteiger charge is 2.20. The van der Waals surface area contributed by atoms with Crippen LogP contribution in [0, 0.1) is 6.92 Å². The van der Waals surface area contributed by atoms with Crippen LogP contribution in [0.25, 0.3) is 10.9 Å². The maximum Gasteiger partial charge on any atom is 0.270 e. The second kappa shape index (κ2) is 7.12. The molecular formula is C17H19N5O3S. The van der Waals surface area contributed by atoms with Gasteiger partial charge in [0.25, 0.3) is 5.91 Å². The molecule has 26 heavy (non-hydrogen) atoms. The number of hydrogen-bond acceptors (Lipinski definition) is 6. The number of nitrogens with zero attached hydrogens (tertiary/aromatic N) is 3. The van der Waals surface area contributed by atoms with Crippen LogP contribution in [0.2, 0.25) is 0 Å². The zero-order valence-electron chi connectivity index (χ0n) is 14.6. The number of nitrogens with two attached hydrogens (primary N) is 1. The number of amides is 2. The van der Waals surface area contributed by atoms with Gasteiger partial charge in [-0.25, -0.2) is 4.98 Å². The Balaban J connectivity index is 1.85. The molecule has 2 amide bonds. The number of aromatic nitrogens is 3. The summed E-state index contributed by atoms with van der Waals surface area (Å²) in [5, 5.41) is 8.52. The van der Waals surface area contributed by atoms with Crippen molar-refractivity contribution in [3.05, 3.63) is 40.0 Å². The number of primary amides is 1. The summed E-state index contributed by atoms with van der Waals surface area (Å²) in [6.45, 7) is 3.87. The Morgan fingerprint density at radius 1 is 1.42 bits per heavy atom. The fraction of sp³-hybridized carbons (Fsp3) is 0.294. The van der Waals surface area contributed by atoms with Gasteiger partial charge >= 0.3 is 0 Å². The van der Waals surface area contributed by atoms with Gasteiger partial charge in [-0.1, -0.05) is 0 Å². The van der Waals surface area contributed by atoms with Gasteiger partial charge in [0.1, 0.15) is 24.1 Å². The second-order valence-electron chi connectivity index (χ2n) is 5.88. The van der Waals surface area contributed by atoms with E-state index in [1.807, 2.05) is 6.92 Å². The zero-order chi connectivity index (χ0) is 18.8. The van der Waals surface area contributed by atoms with Gasteiger partial charge in [-0.2, -0.15) is 5.10 Å². The van der Waals surface area contributed by atoms with Crippen molar-refractivity contribution in [1.82, 2.24) is 20.1 Å². The van der Waals surface area contributed by atoms with Gasteiger partial charge in [-0.3, -0.25) is 14.3 Å². The average Bonchev–Trinajstić information content (AvgIpc) is 3.14. The fourth-order valence-electron chi connectivity index (χ4n) is 2.50. The number of carbonyl (C=O) groups excluding carboxylic acids is 2. The second-order valence-corrected chi connectivity index (χ2v) is 7.20. The van der Waals surface area contributed by atoms with E-state index in [1.165, 1.54) is 11.6 Å². The maximum atomic E-state index is 12.5. The minimum atomic E-state index is -0.776. The van der Waals surface area contributed by atoms with Crippen LogP contribution in [0.4, 0.5) is 0 Å². The Morgan fingerprint density at radius 2 is 2.19 bits per heavy atom. The van der Waals surface area contributed by atoms with Gasteiger partial charge in [-0.15, -0.1) is 11.3 Å². The topological polar surface area (TPSA) is 112 Å². The zero-order valence-corrected chi connectivity index (χ0v) is 15.5. The minimum Gasteiger partial charge on any atom is -0.488 e. The molecule has 0 saturated carbocycles. The van der Waals surface area contributed by atoms with E-state index in [0.29, 0.717) is 29.0 Å². The number of rotatable bonds is 6. The predicted molar refractivity (Wildman–Crippen MR) is 98.0 cm³/mol. The molecule has 1 aromatic carbocycles. The van der Waals surface area contributed by atoms with Crippen molar-refractivity contribution in [2.75, 3.05) is 0 Å². The Bertz CT molecular complexity index is 978. The first-order valence-corrected chi connectivity index (χ1v) is 8.78. The lowest BCUT2D eigenvalue weighted by atomic mass is 10.2. The fourth-order valence-corrected chi connectivity index (χ4v) is 3.21. The third-order valence-electron chi connectivity index (χ3n) is 3.84. The van der Waals surface area contributed by atoms with Crippen LogP contribution >= 0.6 is 11.3 Å². The largest absolute Gasteiger partial charge is 0.488 e. The minimum absolute atomic E-state index is 0.340. The van der Waals surface area contributed by atoms with Crippen LogP contribution in [0.1, 0.15) is 27.3 Å². The molecule has 8 nitrogen and oxygen atoms in total. The van der Waals surface area contributed by atoms with E-state index in [1.54, 1.807) is 42.8 Å². The molecule has 2 heterocycles. The molecule has 3 aromatic rings. The van der Waals surface area contributed by atoms with Crippen LogP contribution in [0.3, 0.4) is 0 Å². The highest BCUT2D eigenvalue weighted by atomic mass is 32.1. The normalized spacial score (nSPS) is 12.1. The quantitative estimate of drug-likeness (QED) is 0.680. The number of thiazole rings is 1. The Morgan fingerprint density at radius 3 is 2.85 bits per heavy atom. The molecule has 0 spiro atoms. The highest BCUT2D eigenvalue weighted by molar-refractivity contribution is 7.11. The van der Waals surface area contributed by atoms with E-state index < -0.39 is 17.9 Å². The van der Waals surface area contributed by atoms with Gasteiger partial charge in [0, 0.05) is 18.6 Å². The number of aryl methyl sites for hydroxylation is 2. The summed E-state index contributed by atoms with van der Waals surface area (Å²) >= 11 is 1.57. The van der Waals surface area contributed by atoms with Crippen LogP contribution in [-0.4, -0.2) is 32.6 Å². The lowest BCUT2D eigenvalue weighted by Gasteiger charge is -2.10. The smallest absolute Gasteiger partial charge is 0.270 e. The molecule has 0 aliphatic rings. The van der Waals surface area contributed by atoms with E-state index in [9.17, 15) is 9.59 Å². The van der Waals surface area contributed by atoms with Crippen molar-refractivity contribution in [3.8, 4) is 5.75 Å². The molecule has 0 saturated heterocycles. The van der Waals surface area contributed by atoms with Gasteiger partial charge in [0.05, 0.1) is 15.4 Å². The Kier molecular flexibility index (Phi) is 4.90. The van der Waals surface area contributed by atoms with Crippen molar-refractivity contribution >= 4 is 34.1 Å². The van der Waals surface area contributed by atoms with Crippen molar-refractivity contribution in [2.24, 2.45) is 12.8 Å². The van der Waals surface area contributed by atoms with Gasteiger partial charge in [0.15, 0.2) is 0 Å². The average molecular weight is 373 g/mol. The molecule has 0 fully saturated rings. The van der Waals surface area contributed by atoms with Crippen LogP contribution in [-0.2, 0) is 18.4 Å². The number of carbonyl (C=O) groups is 2. The molecule has 0 unspecified atom stereocenters. The van der Waals surface area contributed by atoms with Crippen LogP contribution in [0.15, 0.2) is 24.4 Å². The summed E-state index contributed by atoms with van der Waals surface area (Å²) in [5.41, 5.74) is 6.21. The van der Waals surface area contributed by atoms with E-state index in [2.05, 4.69) is 15.4 Å². The molecule has 1 atom stereocenters.